The van der Waals surface area contributed by atoms with Crippen molar-refractivity contribution in [3.63, 3.8) is 0 Å². The minimum atomic E-state index is -2.91. The number of benzene rings is 1. The zero-order valence-corrected chi connectivity index (χ0v) is 15.3. The molecule has 9 heteroatoms. The third kappa shape index (κ3) is 3.15. The second-order valence-electron chi connectivity index (χ2n) is 7.36. The Kier molecular flexibility index (Phi) is 4.27. The van der Waals surface area contributed by atoms with E-state index in [0.717, 1.165) is 18.6 Å². The lowest BCUT2D eigenvalue weighted by atomic mass is 10.0. The molecule has 0 spiro atoms. The number of hydrogen-bond donors (Lipinski definition) is 0. The molecule has 2 atom stereocenters. The van der Waals surface area contributed by atoms with E-state index < -0.39 is 17.8 Å². The summed E-state index contributed by atoms with van der Waals surface area (Å²) in [5, 5.41) is 4.26. The molecule has 6 nitrogen and oxygen atoms in total. The summed E-state index contributed by atoms with van der Waals surface area (Å²) in [6, 6.07) is 5.42. The van der Waals surface area contributed by atoms with E-state index in [-0.39, 0.29) is 24.6 Å². The average Bonchev–Trinajstić information content (AvgIpc) is 3.44. The van der Waals surface area contributed by atoms with Crippen LogP contribution in [0.1, 0.15) is 18.4 Å². The van der Waals surface area contributed by atoms with Gasteiger partial charge in [-0.25, -0.2) is 13.2 Å². The van der Waals surface area contributed by atoms with Crippen LogP contribution >= 0.6 is 0 Å². The van der Waals surface area contributed by atoms with Gasteiger partial charge in [-0.1, -0.05) is 6.07 Å². The van der Waals surface area contributed by atoms with Crippen LogP contribution in [0.25, 0.3) is 22.2 Å². The summed E-state index contributed by atoms with van der Waals surface area (Å²) in [6.45, 7) is 1.22. The zero-order chi connectivity index (χ0) is 20.1. The number of fused-ring (bicyclic) bond motifs is 3. The predicted octanol–water partition coefficient (Wildman–Crippen LogP) is 3.17. The first-order chi connectivity index (χ1) is 14.0. The summed E-state index contributed by atoms with van der Waals surface area (Å²) >= 11 is 0. The highest BCUT2D eigenvalue weighted by Crippen LogP contribution is 2.30. The first-order valence-electron chi connectivity index (χ1n) is 9.30. The number of pyridine rings is 1. The first-order valence-corrected chi connectivity index (χ1v) is 9.30. The van der Waals surface area contributed by atoms with Gasteiger partial charge in [0, 0.05) is 18.3 Å². The van der Waals surface area contributed by atoms with Crippen molar-refractivity contribution >= 4 is 16.9 Å². The van der Waals surface area contributed by atoms with Crippen molar-refractivity contribution in [3.8, 4) is 11.1 Å². The number of likely N-dealkylation sites (tertiary alicyclic amines) is 1. The molecule has 2 fully saturated rings. The quantitative estimate of drug-likeness (QED) is 0.673. The SMILES string of the molecule is O=C(Cn1ncc2ncc(-c3ccc(F)c(C(F)F)c3)cc21)N1C[C@@H]2C[C@H]1CO2. The molecule has 0 aliphatic carbocycles. The molecule has 0 unspecified atom stereocenters. The average molecular weight is 402 g/mol. The standard InChI is InChI=1S/C20H17F3N4O2/c21-16-2-1-11(3-15(16)20(22)23)12-4-18-17(24-6-12)7-25-27(18)9-19(28)26-8-14-5-13(26)10-29-14/h1-4,6-7,13-14,20H,5,8-10H2/t13-,14-/m0/s1. The maximum absolute atomic E-state index is 13.6. The molecule has 0 saturated carbocycles. The van der Waals surface area contributed by atoms with Crippen molar-refractivity contribution in [2.75, 3.05) is 13.2 Å². The van der Waals surface area contributed by atoms with Gasteiger partial charge in [-0.3, -0.25) is 14.5 Å². The highest BCUT2D eigenvalue weighted by atomic mass is 19.3. The number of aromatic nitrogens is 3. The minimum Gasteiger partial charge on any atom is -0.374 e. The fraction of sp³-hybridized carbons (Fsp3) is 0.350. The molecular weight excluding hydrogens is 385 g/mol. The van der Waals surface area contributed by atoms with E-state index in [1.165, 1.54) is 12.3 Å². The molecule has 1 amide bonds. The number of nitrogens with zero attached hydrogens (tertiary/aromatic N) is 4. The van der Waals surface area contributed by atoms with E-state index in [2.05, 4.69) is 10.1 Å². The lowest BCUT2D eigenvalue weighted by Gasteiger charge is -2.26. The molecule has 0 radical (unpaired) electrons. The van der Waals surface area contributed by atoms with Crippen LogP contribution in [0.15, 0.2) is 36.7 Å². The molecule has 2 aromatic heterocycles. The summed E-state index contributed by atoms with van der Waals surface area (Å²) in [7, 11) is 0. The van der Waals surface area contributed by atoms with E-state index in [9.17, 15) is 18.0 Å². The molecule has 2 aliphatic rings. The normalized spacial score (nSPS) is 20.9. The molecule has 2 aliphatic heterocycles. The molecule has 1 aromatic carbocycles. The fourth-order valence-electron chi connectivity index (χ4n) is 4.05. The Balaban J connectivity index is 1.45. The Morgan fingerprint density at radius 2 is 2.10 bits per heavy atom. The number of rotatable bonds is 4. The largest absolute Gasteiger partial charge is 0.374 e. The lowest BCUT2D eigenvalue weighted by Crippen LogP contribution is -2.43. The Morgan fingerprint density at radius 1 is 1.24 bits per heavy atom. The smallest absolute Gasteiger partial charge is 0.266 e. The molecule has 5 rings (SSSR count). The van der Waals surface area contributed by atoms with Gasteiger partial charge in [0.25, 0.3) is 6.43 Å². The number of amides is 1. The van der Waals surface area contributed by atoms with Gasteiger partial charge in [0.15, 0.2) is 0 Å². The van der Waals surface area contributed by atoms with Gasteiger partial charge in [0.2, 0.25) is 5.91 Å². The van der Waals surface area contributed by atoms with Gasteiger partial charge in [0.1, 0.15) is 17.9 Å². The molecule has 150 valence electrons. The summed E-state index contributed by atoms with van der Waals surface area (Å²) in [5.41, 5.74) is 1.51. The second kappa shape index (κ2) is 6.84. The lowest BCUT2D eigenvalue weighted by molar-refractivity contribution is -0.136. The van der Waals surface area contributed by atoms with Crippen LogP contribution in [0.2, 0.25) is 0 Å². The van der Waals surface area contributed by atoms with Gasteiger partial charge in [-0.2, -0.15) is 5.10 Å². The van der Waals surface area contributed by atoms with Crippen LogP contribution in [0.3, 0.4) is 0 Å². The van der Waals surface area contributed by atoms with Crippen LogP contribution < -0.4 is 0 Å². The number of ether oxygens (including phenoxy) is 1. The molecular formula is C20H17F3N4O2. The first kappa shape index (κ1) is 18.1. The molecule has 2 bridgehead atoms. The highest BCUT2D eigenvalue weighted by Gasteiger charge is 2.41. The fourth-order valence-corrected chi connectivity index (χ4v) is 4.05. The highest BCUT2D eigenvalue weighted by molar-refractivity contribution is 5.83. The number of alkyl halides is 2. The van der Waals surface area contributed by atoms with Crippen molar-refractivity contribution in [1.29, 1.82) is 0 Å². The van der Waals surface area contributed by atoms with Crippen LogP contribution in [0, 0.1) is 5.82 Å². The van der Waals surface area contributed by atoms with Crippen molar-refractivity contribution in [1.82, 2.24) is 19.7 Å². The van der Waals surface area contributed by atoms with Crippen LogP contribution in [-0.2, 0) is 16.1 Å². The summed E-state index contributed by atoms with van der Waals surface area (Å²) in [6.07, 6.45) is 1.16. The monoisotopic (exact) mass is 402 g/mol. The van der Waals surface area contributed by atoms with Crippen molar-refractivity contribution < 1.29 is 22.7 Å². The van der Waals surface area contributed by atoms with E-state index in [1.807, 2.05) is 4.90 Å². The van der Waals surface area contributed by atoms with Crippen molar-refractivity contribution in [3.05, 3.63) is 48.0 Å². The molecule has 2 saturated heterocycles. The van der Waals surface area contributed by atoms with Crippen LogP contribution in [0.4, 0.5) is 13.2 Å². The Hall–Kier alpha value is -2.94. The number of halogens is 3. The predicted molar refractivity (Wildman–Crippen MR) is 97.7 cm³/mol. The second-order valence-corrected chi connectivity index (χ2v) is 7.36. The van der Waals surface area contributed by atoms with E-state index in [1.54, 1.807) is 16.9 Å². The third-order valence-electron chi connectivity index (χ3n) is 5.57. The number of carbonyl (C=O) groups excluding carboxylic acids is 1. The van der Waals surface area contributed by atoms with E-state index in [4.69, 9.17) is 4.74 Å². The number of hydrogen-bond acceptors (Lipinski definition) is 4. The topological polar surface area (TPSA) is 60.2 Å². The zero-order valence-electron chi connectivity index (χ0n) is 15.3. The van der Waals surface area contributed by atoms with Gasteiger partial charge >= 0.3 is 0 Å². The Morgan fingerprint density at radius 3 is 2.83 bits per heavy atom. The Bertz CT molecular complexity index is 1100. The molecule has 4 heterocycles. The number of morpholine rings is 1. The summed E-state index contributed by atoms with van der Waals surface area (Å²) in [4.78, 5) is 18.9. The Labute approximate surface area is 163 Å². The van der Waals surface area contributed by atoms with Crippen LogP contribution in [0.5, 0.6) is 0 Å². The van der Waals surface area contributed by atoms with E-state index in [0.29, 0.717) is 35.3 Å². The molecule has 0 N–H and O–H groups in total. The van der Waals surface area contributed by atoms with Crippen LogP contribution in [-0.4, -0.2) is 50.9 Å². The summed E-state index contributed by atoms with van der Waals surface area (Å²) in [5.74, 6) is -0.990. The summed E-state index contributed by atoms with van der Waals surface area (Å²) < 4.78 is 46.7. The molecule has 29 heavy (non-hydrogen) atoms. The molecule has 3 aromatic rings. The van der Waals surface area contributed by atoms with Gasteiger partial charge in [-0.15, -0.1) is 0 Å². The van der Waals surface area contributed by atoms with Gasteiger partial charge in [0.05, 0.1) is 36.0 Å². The van der Waals surface area contributed by atoms with E-state index >= 15 is 0 Å². The third-order valence-corrected chi connectivity index (χ3v) is 5.57. The van der Waals surface area contributed by atoms with Gasteiger partial charge < -0.3 is 9.64 Å². The maximum Gasteiger partial charge on any atom is 0.266 e. The number of carbonyl (C=O) groups is 1. The van der Waals surface area contributed by atoms with Gasteiger partial charge in [-0.05, 0) is 30.2 Å². The van der Waals surface area contributed by atoms with Crippen molar-refractivity contribution in [2.45, 2.75) is 31.5 Å². The maximum atomic E-state index is 13.6. The minimum absolute atomic E-state index is 0.0435. The van der Waals surface area contributed by atoms with Crippen molar-refractivity contribution in [2.24, 2.45) is 0 Å².